The van der Waals surface area contributed by atoms with Crippen molar-refractivity contribution < 1.29 is 9.72 Å². The monoisotopic (exact) mass is 269 g/mol. The zero-order chi connectivity index (χ0) is 14.9. The number of benzene rings is 2. The Hall–Kier alpha value is -2.49. The number of nitro benzene ring substituents is 1. The molecule has 2 aromatic rings. The van der Waals surface area contributed by atoms with Crippen molar-refractivity contribution in [3.63, 3.8) is 0 Å². The average molecular weight is 269 g/mol. The van der Waals surface area contributed by atoms with Gasteiger partial charge in [0.25, 0.3) is 5.69 Å². The predicted octanol–water partition coefficient (Wildman–Crippen LogP) is 3.75. The largest absolute Gasteiger partial charge is 0.289 e. The second kappa shape index (κ2) is 5.25. The highest BCUT2D eigenvalue weighted by Crippen LogP contribution is 2.22. The molecule has 0 aliphatic rings. The molecule has 0 saturated carbocycles. The van der Waals surface area contributed by atoms with E-state index >= 15 is 0 Å². The summed E-state index contributed by atoms with van der Waals surface area (Å²) in [4.78, 5) is 22.8. The van der Waals surface area contributed by atoms with Crippen molar-refractivity contribution in [2.45, 2.75) is 20.8 Å². The second-order valence-electron chi connectivity index (χ2n) is 4.91. The molecule has 0 heterocycles. The molecule has 0 saturated heterocycles. The van der Waals surface area contributed by atoms with Gasteiger partial charge >= 0.3 is 0 Å². The van der Waals surface area contributed by atoms with Crippen LogP contribution in [0, 0.1) is 30.9 Å². The molecule has 0 amide bonds. The number of aryl methyl sites for hydroxylation is 3. The SMILES string of the molecule is Cc1ccc(C)c(C(=O)c2ccc([N+](=O)[O-])c(C)c2)c1. The first-order valence-corrected chi connectivity index (χ1v) is 6.27. The third-order valence-corrected chi connectivity index (χ3v) is 3.29. The Bertz CT molecular complexity index is 705. The van der Waals surface area contributed by atoms with Gasteiger partial charge in [0.2, 0.25) is 0 Å². The fourth-order valence-electron chi connectivity index (χ4n) is 2.14. The van der Waals surface area contributed by atoms with E-state index in [0.717, 1.165) is 11.1 Å². The summed E-state index contributed by atoms with van der Waals surface area (Å²) < 4.78 is 0. The Labute approximate surface area is 117 Å². The summed E-state index contributed by atoms with van der Waals surface area (Å²) in [6.45, 7) is 5.44. The average Bonchev–Trinajstić information content (AvgIpc) is 2.40. The molecule has 0 bridgehead atoms. The smallest absolute Gasteiger partial charge is 0.272 e. The van der Waals surface area contributed by atoms with Crippen molar-refractivity contribution in [3.8, 4) is 0 Å². The van der Waals surface area contributed by atoms with Gasteiger partial charge in [0.05, 0.1) is 4.92 Å². The first kappa shape index (κ1) is 13.9. The van der Waals surface area contributed by atoms with Crippen molar-refractivity contribution in [2.24, 2.45) is 0 Å². The Morgan fingerprint density at radius 1 is 1.00 bits per heavy atom. The summed E-state index contributed by atoms with van der Waals surface area (Å²) in [5.41, 5.74) is 3.54. The minimum absolute atomic E-state index is 0.0301. The highest BCUT2D eigenvalue weighted by Gasteiger charge is 2.16. The Morgan fingerprint density at radius 2 is 1.70 bits per heavy atom. The van der Waals surface area contributed by atoms with Gasteiger partial charge in [-0.3, -0.25) is 14.9 Å². The lowest BCUT2D eigenvalue weighted by atomic mass is 9.96. The quantitative estimate of drug-likeness (QED) is 0.484. The first-order valence-electron chi connectivity index (χ1n) is 6.27. The van der Waals surface area contributed by atoms with E-state index in [1.165, 1.54) is 12.1 Å². The lowest BCUT2D eigenvalue weighted by Crippen LogP contribution is -2.05. The first-order chi connectivity index (χ1) is 9.40. The van der Waals surface area contributed by atoms with E-state index < -0.39 is 4.92 Å². The van der Waals surface area contributed by atoms with Gasteiger partial charge in [0.1, 0.15) is 0 Å². The van der Waals surface area contributed by atoms with Crippen LogP contribution < -0.4 is 0 Å². The Balaban J connectivity index is 2.46. The molecule has 0 fully saturated rings. The number of nitrogens with zero attached hydrogens (tertiary/aromatic N) is 1. The maximum atomic E-state index is 12.5. The number of hydrogen-bond donors (Lipinski definition) is 0. The maximum Gasteiger partial charge on any atom is 0.272 e. The van der Waals surface area contributed by atoms with Gasteiger partial charge < -0.3 is 0 Å². The van der Waals surface area contributed by atoms with Gasteiger partial charge in [-0.15, -0.1) is 0 Å². The molecule has 2 rings (SSSR count). The Kier molecular flexibility index (Phi) is 3.66. The molecule has 0 atom stereocenters. The highest BCUT2D eigenvalue weighted by atomic mass is 16.6. The third-order valence-electron chi connectivity index (χ3n) is 3.29. The van der Waals surface area contributed by atoms with Crippen LogP contribution in [0.15, 0.2) is 36.4 Å². The van der Waals surface area contributed by atoms with E-state index in [2.05, 4.69) is 0 Å². The molecule has 4 heteroatoms. The van der Waals surface area contributed by atoms with Crippen LogP contribution in [0.5, 0.6) is 0 Å². The van der Waals surface area contributed by atoms with Crippen LogP contribution in [0.2, 0.25) is 0 Å². The molecule has 0 N–H and O–H groups in total. The number of nitro groups is 1. The minimum atomic E-state index is -0.443. The molecule has 0 aliphatic carbocycles. The van der Waals surface area contributed by atoms with Crippen LogP contribution in [0.1, 0.15) is 32.6 Å². The van der Waals surface area contributed by atoms with Crippen LogP contribution in [0.25, 0.3) is 0 Å². The number of carbonyl (C=O) groups is 1. The summed E-state index contributed by atoms with van der Waals surface area (Å²) in [6.07, 6.45) is 0. The van der Waals surface area contributed by atoms with Crippen molar-refractivity contribution in [3.05, 3.63) is 74.3 Å². The summed E-state index contributed by atoms with van der Waals surface area (Å²) in [6, 6.07) is 10.2. The van der Waals surface area contributed by atoms with Gasteiger partial charge in [-0.2, -0.15) is 0 Å². The van der Waals surface area contributed by atoms with Gasteiger partial charge in [-0.1, -0.05) is 17.7 Å². The number of carbonyl (C=O) groups excluding carboxylic acids is 1. The predicted molar refractivity (Wildman–Crippen MR) is 77.2 cm³/mol. The van der Waals surface area contributed by atoms with E-state index in [4.69, 9.17) is 0 Å². The van der Waals surface area contributed by atoms with Crippen molar-refractivity contribution in [1.29, 1.82) is 0 Å². The van der Waals surface area contributed by atoms with Crippen LogP contribution >= 0.6 is 0 Å². The fourth-order valence-corrected chi connectivity index (χ4v) is 2.14. The molecule has 0 spiro atoms. The van der Waals surface area contributed by atoms with Gasteiger partial charge in [-0.25, -0.2) is 0 Å². The zero-order valence-corrected chi connectivity index (χ0v) is 11.6. The summed E-state index contributed by atoms with van der Waals surface area (Å²) in [5.74, 6) is -0.107. The summed E-state index contributed by atoms with van der Waals surface area (Å²) in [7, 11) is 0. The molecule has 2 aromatic carbocycles. The molecule has 0 unspecified atom stereocenters. The molecule has 102 valence electrons. The molecule has 0 aromatic heterocycles. The van der Waals surface area contributed by atoms with Crippen molar-refractivity contribution in [1.82, 2.24) is 0 Å². The molecule has 0 radical (unpaired) electrons. The van der Waals surface area contributed by atoms with Gasteiger partial charge in [0, 0.05) is 22.8 Å². The second-order valence-corrected chi connectivity index (χ2v) is 4.91. The highest BCUT2D eigenvalue weighted by molar-refractivity contribution is 6.10. The van der Waals surface area contributed by atoms with E-state index in [1.807, 2.05) is 32.0 Å². The van der Waals surface area contributed by atoms with Crippen LogP contribution in [0.3, 0.4) is 0 Å². The van der Waals surface area contributed by atoms with Crippen LogP contribution in [0.4, 0.5) is 5.69 Å². The van der Waals surface area contributed by atoms with E-state index in [9.17, 15) is 14.9 Å². The minimum Gasteiger partial charge on any atom is -0.289 e. The van der Waals surface area contributed by atoms with Gasteiger partial charge in [0.15, 0.2) is 5.78 Å². The number of ketones is 1. The van der Waals surface area contributed by atoms with Gasteiger partial charge in [-0.05, 0) is 44.5 Å². The van der Waals surface area contributed by atoms with E-state index in [1.54, 1.807) is 13.0 Å². The van der Waals surface area contributed by atoms with Crippen LogP contribution in [-0.2, 0) is 0 Å². The lowest BCUT2D eigenvalue weighted by Gasteiger charge is -2.07. The number of rotatable bonds is 3. The maximum absolute atomic E-state index is 12.5. The molecule has 0 aliphatic heterocycles. The molecule has 20 heavy (non-hydrogen) atoms. The fraction of sp³-hybridized carbons (Fsp3) is 0.188. The topological polar surface area (TPSA) is 60.2 Å². The van der Waals surface area contributed by atoms with E-state index in [-0.39, 0.29) is 11.5 Å². The number of hydrogen-bond acceptors (Lipinski definition) is 3. The van der Waals surface area contributed by atoms with Crippen molar-refractivity contribution >= 4 is 11.5 Å². The van der Waals surface area contributed by atoms with Crippen LogP contribution in [-0.4, -0.2) is 10.7 Å². The molecule has 4 nitrogen and oxygen atoms in total. The van der Waals surface area contributed by atoms with E-state index in [0.29, 0.717) is 16.7 Å². The molecular weight excluding hydrogens is 254 g/mol. The Morgan fingerprint density at radius 3 is 2.30 bits per heavy atom. The normalized spacial score (nSPS) is 10.3. The molecular formula is C16H15NO3. The zero-order valence-electron chi connectivity index (χ0n) is 11.6. The van der Waals surface area contributed by atoms with Crippen molar-refractivity contribution in [2.75, 3.05) is 0 Å². The summed E-state index contributed by atoms with van der Waals surface area (Å²) in [5, 5.41) is 10.8. The standard InChI is InChI=1S/C16H15NO3/c1-10-4-5-11(2)14(8-10)16(18)13-6-7-15(17(19)20)12(3)9-13/h4-9H,1-3H3. The lowest BCUT2D eigenvalue weighted by molar-refractivity contribution is -0.385. The summed E-state index contributed by atoms with van der Waals surface area (Å²) >= 11 is 0. The third kappa shape index (κ3) is 2.59.